The van der Waals surface area contributed by atoms with Crippen molar-refractivity contribution in [1.29, 1.82) is 0 Å². The highest BCUT2D eigenvalue weighted by atomic mass is 19.1. The number of anilines is 3. The van der Waals surface area contributed by atoms with Crippen molar-refractivity contribution in [2.24, 2.45) is 5.92 Å². The lowest BCUT2D eigenvalue weighted by Crippen LogP contribution is -2.45. The van der Waals surface area contributed by atoms with Crippen molar-refractivity contribution < 1.29 is 23.8 Å². The van der Waals surface area contributed by atoms with Crippen LogP contribution in [-0.2, 0) is 9.53 Å². The summed E-state index contributed by atoms with van der Waals surface area (Å²) in [5.74, 6) is 2.05. The van der Waals surface area contributed by atoms with Crippen molar-refractivity contribution in [1.82, 2.24) is 10.3 Å². The zero-order valence-corrected chi connectivity index (χ0v) is 26.7. The summed E-state index contributed by atoms with van der Waals surface area (Å²) in [5.41, 5.74) is 2.55. The number of rotatable bonds is 15. The van der Waals surface area contributed by atoms with Crippen LogP contribution in [0.4, 0.5) is 21.6 Å². The Hall–Kier alpha value is -3.73. The van der Waals surface area contributed by atoms with Gasteiger partial charge in [-0.2, -0.15) is 0 Å². The second kappa shape index (κ2) is 21.0. The molecule has 2 aromatic rings. The van der Waals surface area contributed by atoms with Crippen LogP contribution in [0.3, 0.4) is 0 Å². The fourth-order valence-electron chi connectivity index (χ4n) is 4.05. The minimum atomic E-state index is -0.294. The molecular weight excluding hydrogens is 549 g/mol. The molecule has 0 aliphatic carbocycles. The molecule has 0 saturated heterocycles. The van der Waals surface area contributed by atoms with E-state index in [1.54, 1.807) is 25.3 Å². The van der Waals surface area contributed by atoms with E-state index in [2.05, 4.69) is 32.4 Å². The Labute approximate surface area is 256 Å². The number of allylic oxidation sites excluding steroid dienone is 4. The molecule has 10 heteroatoms. The van der Waals surface area contributed by atoms with Crippen molar-refractivity contribution >= 4 is 23.5 Å². The number of hydrogen-bond donors (Lipinski definition) is 4. The van der Waals surface area contributed by atoms with Gasteiger partial charge in [0, 0.05) is 52.2 Å². The summed E-state index contributed by atoms with van der Waals surface area (Å²) in [4.78, 5) is 16.0. The predicted octanol–water partition coefficient (Wildman–Crippen LogP) is 6.66. The number of halogens is 1. The number of ether oxygens (including phenoxy) is 2. The zero-order chi connectivity index (χ0) is 32.2. The van der Waals surface area contributed by atoms with Gasteiger partial charge in [-0.1, -0.05) is 39.5 Å². The van der Waals surface area contributed by atoms with Crippen molar-refractivity contribution in [2.45, 2.75) is 59.9 Å². The Morgan fingerprint density at radius 3 is 2.58 bits per heavy atom. The molecule has 1 aromatic carbocycles. The van der Waals surface area contributed by atoms with Gasteiger partial charge in [-0.3, -0.25) is 5.32 Å². The second-order valence-electron chi connectivity index (χ2n) is 9.57. The van der Waals surface area contributed by atoms with E-state index < -0.39 is 0 Å². The molecule has 1 aliphatic heterocycles. The molecule has 3 atom stereocenters. The maximum atomic E-state index is 14.5. The first-order chi connectivity index (χ1) is 20.8. The van der Waals surface area contributed by atoms with Crippen LogP contribution >= 0.6 is 0 Å². The van der Waals surface area contributed by atoms with Gasteiger partial charge in [0.25, 0.3) is 0 Å². The molecule has 3 rings (SSSR count). The van der Waals surface area contributed by atoms with Crippen molar-refractivity contribution in [2.75, 3.05) is 49.4 Å². The predicted molar refractivity (Wildman–Crippen MR) is 176 cm³/mol. The van der Waals surface area contributed by atoms with Crippen molar-refractivity contribution in [3.05, 3.63) is 72.7 Å². The third-order valence-corrected chi connectivity index (χ3v) is 6.31. The SMILES string of the molecule is C=C/C(CC(C)CCO)=C(F)\C=C/CNC1Nc2cc(Oc3ccnc(NC)c3)ccc2N1C.CC.CCOC(C)C=O. The van der Waals surface area contributed by atoms with E-state index in [0.29, 0.717) is 43.1 Å². The molecule has 1 aliphatic rings. The maximum Gasteiger partial charge on any atom is 0.155 e. The van der Waals surface area contributed by atoms with Gasteiger partial charge < -0.3 is 34.9 Å². The zero-order valence-electron chi connectivity index (χ0n) is 26.7. The van der Waals surface area contributed by atoms with E-state index in [-0.39, 0.29) is 30.7 Å². The van der Waals surface area contributed by atoms with Crippen molar-refractivity contribution in [3.63, 3.8) is 0 Å². The summed E-state index contributed by atoms with van der Waals surface area (Å²) < 4.78 is 25.3. The Balaban J connectivity index is 0.000000901. The molecule has 4 N–H and O–H groups in total. The van der Waals surface area contributed by atoms with E-state index in [0.717, 1.165) is 23.5 Å². The first kappa shape index (κ1) is 37.3. The van der Waals surface area contributed by atoms with Crippen LogP contribution in [0.5, 0.6) is 11.5 Å². The Bertz CT molecular complexity index is 1170. The lowest BCUT2D eigenvalue weighted by Gasteiger charge is -2.22. The normalized spacial score (nSPS) is 15.5. The fraction of sp³-hybridized carbons (Fsp3) is 0.455. The minimum absolute atomic E-state index is 0.103. The van der Waals surface area contributed by atoms with Gasteiger partial charge in [-0.25, -0.2) is 9.37 Å². The lowest BCUT2D eigenvalue weighted by atomic mass is 9.97. The number of carbonyl (C=O) groups excluding carboxylic acids is 1. The number of nitrogens with one attached hydrogen (secondary N) is 3. The first-order valence-corrected chi connectivity index (χ1v) is 14.8. The summed E-state index contributed by atoms with van der Waals surface area (Å²) in [5, 5.41) is 18.8. The van der Waals surface area contributed by atoms with Crippen LogP contribution in [0, 0.1) is 5.92 Å². The summed E-state index contributed by atoms with van der Waals surface area (Å²) in [7, 11) is 3.80. The minimum Gasteiger partial charge on any atom is -0.457 e. The molecule has 0 saturated carbocycles. The Kier molecular flexibility index (Phi) is 18.2. The fourth-order valence-corrected chi connectivity index (χ4v) is 4.05. The standard InChI is InChI=1S/C26H34FN5O2.C5H10O2.C2H6/c1-5-19(15-18(2)11-14-33)22(27)7-6-12-30-26-31-23-16-20(8-9-24(23)32(26)4)34-21-10-13-29-25(17-21)28-3;1-3-7-5(2)4-6;1-2/h5-10,13,16-18,26,30-31,33H,1,11-12,14-15H2,2-4H3,(H,28,29);4-5H,3H2,1-2H3;1-2H3/b7-6-,22-19-;;. The number of aldehydes is 1. The summed E-state index contributed by atoms with van der Waals surface area (Å²) in [6.45, 7) is 14.5. The Morgan fingerprint density at radius 2 is 1.98 bits per heavy atom. The third-order valence-electron chi connectivity index (χ3n) is 6.31. The maximum absolute atomic E-state index is 14.5. The van der Waals surface area contributed by atoms with Crippen LogP contribution in [0.15, 0.2) is 72.7 Å². The molecule has 1 aromatic heterocycles. The highest BCUT2D eigenvalue weighted by molar-refractivity contribution is 5.77. The molecule has 2 heterocycles. The lowest BCUT2D eigenvalue weighted by molar-refractivity contribution is -0.116. The number of aliphatic hydroxyl groups excluding tert-OH is 1. The van der Waals surface area contributed by atoms with Crippen LogP contribution in [0.2, 0.25) is 0 Å². The smallest absolute Gasteiger partial charge is 0.155 e. The number of hydrogen-bond acceptors (Lipinski definition) is 9. The van der Waals surface area contributed by atoms with E-state index in [1.165, 1.54) is 6.08 Å². The van der Waals surface area contributed by atoms with Crippen molar-refractivity contribution in [3.8, 4) is 11.5 Å². The van der Waals surface area contributed by atoms with E-state index in [4.69, 9.17) is 14.6 Å². The van der Waals surface area contributed by atoms with Gasteiger partial charge in [0.1, 0.15) is 35.5 Å². The van der Waals surface area contributed by atoms with Gasteiger partial charge in [-0.15, -0.1) is 0 Å². The summed E-state index contributed by atoms with van der Waals surface area (Å²) in [6.07, 6.45) is 8.08. The topological polar surface area (TPSA) is 108 Å². The van der Waals surface area contributed by atoms with Crippen LogP contribution < -0.4 is 25.6 Å². The molecule has 0 amide bonds. The molecule has 0 spiro atoms. The molecule has 3 unspecified atom stereocenters. The average Bonchev–Trinajstić information content (AvgIpc) is 3.33. The number of nitrogens with zero attached hydrogens (tertiary/aromatic N) is 2. The largest absolute Gasteiger partial charge is 0.457 e. The van der Waals surface area contributed by atoms with Gasteiger partial charge in [0.2, 0.25) is 0 Å². The number of fused-ring (bicyclic) bond motifs is 1. The molecular formula is C33H50FN5O4. The van der Waals surface area contributed by atoms with E-state index >= 15 is 0 Å². The van der Waals surface area contributed by atoms with Crippen LogP contribution in [0.25, 0.3) is 0 Å². The first-order valence-electron chi connectivity index (χ1n) is 14.8. The van der Waals surface area contributed by atoms with Gasteiger partial charge >= 0.3 is 0 Å². The van der Waals surface area contributed by atoms with E-state index in [9.17, 15) is 9.18 Å². The molecule has 43 heavy (non-hydrogen) atoms. The highest BCUT2D eigenvalue weighted by Crippen LogP contribution is 2.37. The molecule has 0 bridgehead atoms. The van der Waals surface area contributed by atoms with E-state index in [1.807, 2.05) is 72.1 Å². The number of carbonyl (C=O) groups is 1. The molecule has 9 nitrogen and oxygen atoms in total. The molecule has 238 valence electrons. The quantitative estimate of drug-likeness (QED) is 0.132. The van der Waals surface area contributed by atoms with Gasteiger partial charge in [-0.05, 0) is 62.5 Å². The van der Waals surface area contributed by atoms with Crippen LogP contribution in [0.1, 0.15) is 47.5 Å². The monoisotopic (exact) mass is 599 g/mol. The van der Waals surface area contributed by atoms with Crippen LogP contribution in [-0.4, -0.2) is 62.6 Å². The van der Waals surface area contributed by atoms with Gasteiger partial charge in [0.05, 0.1) is 11.4 Å². The average molecular weight is 600 g/mol. The summed E-state index contributed by atoms with van der Waals surface area (Å²) >= 11 is 0. The number of benzene rings is 1. The second-order valence-corrected chi connectivity index (χ2v) is 9.57. The number of pyridine rings is 1. The third kappa shape index (κ3) is 13.0. The highest BCUT2D eigenvalue weighted by Gasteiger charge is 2.25. The molecule has 0 radical (unpaired) electrons. The Morgan fingerprint density at radius 1 is 1.26 bits per heavy atom. The van der Waals surface area contributed by atoms with Gasteiger partial charge in [0.15, 0.2) is 6.29 Å². The number of aromatic nitrogens is 1. The summed E-state index contributed by atoms with van der Waals surface area (Å²) in [6, 6.07) is 9.52. The molecule has 0 fully saturated rings. The number of aliphatic hydroxyl groups is 1.